The zero-order valence-electron chi connectivity index (χ0n) is 15.1. The number of aliphatic hydroxyl groups excluding tert-OH is 3. The van der Waals surface area contributed by atoms with Crippen molar-refractivity contribution in [2.75, 3.05) is 13.2 Å². The molecule has 0 radical (unpaired) electrons. The van der Waals surface area contributed by atoms with Crippen LogP contribution < -0.4 is 5.32 Å². The molecule has 0 bridgehead atoms. The Balaban J connectivity index is 1.69. The molecule has 0 aliphatic carbocycles. The van der Waals surface area contributed by atoms with Crippen LogP contribution >= 0.6 is 0 Å². The van der Waals surface area contributed by atoms with Gasteiger partial charge in [-0.2, -0.15) is 0 Å². The number of amides is 1. The van der Waals surface area contributed by atoms with E-state index < -0.39 is 37.3 Å². The molecule has 0 spiro atoms. The minimum atomic E-state index is -1.32. The van der Waals surface area contributed by atoms with Crippen molar-refractivity contribution in [3.8, 4) is 0 Å². The molecule has 1 fully saturated rings. The van der Waals surface area contributed by atoms with Gasteiger partial charge in [0.2, 0.25) is 5.91 Å². The molecule has 4 N–H and O–H groups in total. The number of rotatable bonds is 6. The number of ether oxygens (including phenoxy) is 2. The van der Waals surface area contributed by atoms with Crippen molar-refractivity contribution in [1.82, 2.24) is 5.32 Å². The normalized spacial score (nSPS) is 28.2. The summed E-state index contributed by atoms with van der Waals surface area (Å²) in [6.45, 7) is 1.13. The maximum absolute atomic E-state index is 11.4. The number of hydrogen-bond acceptors (Lipinski definition) is 6. The third kappa shape index (κ3) is 4.45. The molecule has 146 valence electrons. The minimum absolute atomic E-state index is 0.287. The number of benzene rings is 2. The van der Waals surface area contributed by atoms with Crippen LogP contribution in [-0.4, -0.2) is 65.1 Å². The first kappa shape index (κ1) is 19.7. The van der Waals surface area contributed by atoms with E-state index in [1.54, 1.807) is 0 Å². The van der Waals surface area contributed by atoms with Gasteiger partial charge in [0, 0.05) is 6.92 Å². The molecule has 5 atom stereocenters. The Labute approximate surface area is 157 Å². The summed E-state index contributed by atoms with van der Waals surface area (Å²) in [6, 6.07) is 13.2. The van der Waals surface area contributed by atoms with Gasteiger partial charge in [0.15, 0.2) is 6.29 Å². The largest absolute Gasteiger partial charge is 0.394 e. The van der Waals surface area contributed by atoms with Crippen LogP contribution in [0.2, 0.25) is 0 Å². The molecule has 1 heterocycles. The molecule has 7 nitrogen and oxygen atoms in total. The summed E-state index contributed by atoms with van der Waals surface area (Å²) in [4.78, 5) is 11.4. The Morgan fingerprint density at radius 1 is 1.15 bits per heavy atom. The van der Waals surface area contributed by atoms with Crippen molar-refractivity contribution in [3.05, 3.63) is 48.0 Å². The molecule has 0 unspecified atom stereocenters. The second kappa shape index (κ2) is 8.77. The zero-order valence-corrected chi connectivity index (χ0v) is 15.1. The molecule has 27 heavy (non-hydrogen) atoms. The van der Waals surface area contributed by atoms with E-state index in [9.17, 15) is 20.1 Å². The van der Waals surface area contributed by atoms with E-state index in [0.717, 1.165) is 16.3 Å². The van der Waals surface area contributed by atoms with Crippen molar-refractivity contribution >= 4 is 16.7 Å². The van der Waals surface area contributed by atoms with Gasteiger partial charge in [-0.25, -0.2) is 0 Å². The Morgan fingerprint density at radius 3 is 2.63 bits per heavy atom. The van der Waals surface area contributed by atoms with Crippen molar-refractivity contribution in [3.63, 3.8) is 0 Å². The molecule has 1 aliphatic heterocycles. The van der Waals surface area contributed by atoms with Crippen LogP contribution in [0.5, 0.6) is 0 Å². The molecule has 0 aromatic heterocycles. The standard InChI is InChI=1S/C20H25NO6/c1-12(23)21-17-19(25)18(24)16(11-22)27-20(17)26-10-9-14-7-4-6-13-5-2-3-8-15(13)14/h2-8,16-20,22,24-25H,9-11H2,1H3,(H,21,23)/t16-,17-,18+,19-,20-/m0/s1. The minimum Gasteiger partial charge on any atom is -0.394 e. The average Bonchev–Trinajstić information content (AvgIpc) is 2.67. The first-order valence-electron chi connectivity index (χ1n) is 8.99. The summed E-state index contributed by atoms with van der Waals surface area (Å²) < 4.78 is 11.3. The fourth-order valence-corrected chi connectivity index (χ4v) is 3.41. The third-order valence-electron chi connectivity index (χ3n) is 4.78. The molecule has 2 aromatic rings. The Morgan fingerprint density at radius 2 is 1.89 bits per heavy atom. The summed E-state index contributed by atoms with van der Waals surface area (Å²) in [5.41, 5.74) is 1.11. The highest BCUT2D eigenvalue weighted by Gasteiger charge is 2.45. The molecular weight excluding hydrogens is 350 g/mol. The first-order chi connectivity index (χ1) is 13.0. The van der Waals surface area contributed by atoms with Crippen LogP contribution in [0, 0.1) is 0 Å². The number of aliphatic hydroxyl groups is 3. The zero-order chi connectivity index (χ0) is 19.4. The summed E-state index contributed by atoms with van der Waals surface area (Å²) in [5, 5.41) is 34.5. The van der Waals surface area contributed by atoms with E-state index in [2.05, 4.69) is 5.32 Å². The summed E-state index contributed by atoms with van der Waals surface area (Å²) in [6.07, 6.45) is -3.96. The predicted octanol–water partition coefficient (Wildman–Crippen LogP) is 0.343. The molecule has 7 heteroatoms. The third-order valence-corrected chi connectivity index (χ3v) is 4.78. The number of carbonyl (C=O) groups excluding carboxylic acids is 1. The number of carbonyl (C=O) groups is 1. The predicted molar refractivity (Wildman–Crippen MR) is 99.0 cm³/mol. The fourth-order valence-electron chi connectivity index (χ4n) is 3.41. The van der Waals surface area contributed by atoms with E-state index in [1.807, 2.05) is 42.5 Å². The Hall–Kier alpha value is -2.03. The van der Waals surface area contributed by atoms with Crippen molar-refractivity contribution < 1.29 is 29.6 Å². The highest BCUT2D eigenvalue weighted by Crippen LogP contribution is 2.23. The molecule has 3 rings (SSSR count). The van der Waals surface area contributed by atoms with Gasteiger partial charge < -0.3 is 30.1 Å². The Kier molecular flexibility index (Phi) is 6.41. The lowest BCUT2D eigenvalue weighted by Crippen LogP contribution is -2.64. The first-order valence-corrected chi connectivity index (χ1v) is 8.99. The smallest absolute Gasteiger partial charge is 0.217 e. The topological polar surface area (TPSA) is 108 Å². The quantitative estimate of drug-likeness (QED) is 0.580. The van der Waals surface area contributed by atoms with Crippen molar-refractivity contribution in [2.45, 2.75) is 44.0 Å². The molecule has 1 saturated heterocycles. The number of fused-ring (bicyclic) bond motifs is 1. The second-order valence-corrected chi connectivity index (χ2v) is 6.69. The highest BCUT2D eigenvalue weighted by molar-refractivity contribution is 5.85. The van der Waals surface area contributed by atoms with Gasteiger partial charge in [0.1, 0.15) is 24.4 Å². The van der Waals surface area contributed by atoms with Gasteiger partial charge in [-0.3, -0.25) is 4.79 Å². The molecular formula is C20H25NO6. The van der Waals surface area contributed by atoms with Crippen molar-refractivity contribution in [1.29, 1.82) is 0 Å². The second-order valence-electron chi connectivity index (χ2n) is 6.69. The van der Waals surface area contributed by atoms with Crippen LogP contribution in [0.15, 0.2) is 42.5 Å². The fraction of sp³-hybridized carbons (Fsp3) is 0.450. The molecule has 0 saturated carbocycles. The van der Waals surface area contributed by atoms with Gasteiger partial charge >= 0.3 is 0 Å². The van der Waals surface area contributed by atoms with E-state index in [4.69, 9.17) is 9.47 Å². The van der Waals surface area contributed by atoms with E-state index in [1.165, 1.54) is 6.92 Å². The van der Waals surface area contributed by atoms with Gasteiger partial charge in [-0.15, -0.1) is 0 Å². The van der Waals surface area contributed by atoms with Gasteiger partial charge in [0.05, 0.1) is 13.2 Å². The van der Waals surface area contributed by atoms with Crippen LogP contribution in [-0.2, 0) is 20.7 Å². The number of hydrogen-bond donors (Lipinski definition) is 4. The van der Waals surface area contributed by atoms with Gasteiger partial charge in [-0.1, -0.05) is 42.5 Å². The lowest BCUT2D eigenvalue weighted by atomic mass is 9.97. The maximum Gasteiger partial charge on any atom is 0.217 e. The van der Waals surface area contributed by atoms with E-state index in [0.29, 0.717) is 6.42 Å². The Bertz CT molecular complexity index is 777. The maximum atomic E-state index is 11.4. The van der Waals surface area contributed by atoms with E-state index in [-0.39, 0.29) is 12.5 Å². The molecule has 1 amide bonds. The summed E-state index contributed by atoms with van der Waals surface area (Å²) >= 11 is 0. The van der Waals surface area contributed by atoms with Crippen LogP contribution in [0.4, 0.5) is 0 Å². The molecule has 1 aliphatic rings. The lowest BCUT2D eigenvalue weighted by molar-refractivity contribution is -0.269. The SMILES string of the molecule is CC(=O)N[C@@H]1[C@@H](OCCc2cccc3ccccc23)O[C@@H](CO)[C@@H](O)[C@H]1O. The van der Waals surface area contributed by atoms with Crippen LogP contribution in [0.25, 0.3) is 10.8 Å². The summed E-state index contributed by atoms with van der Waals surface area (Å²) in [7, 11) is 0. The van der Waals surface area contributed by atoms with Gasteiger partial charge in [0.25, 0.3) is 0 Å². The lowest BCUT2D eigenvalue weighted by Gasteiger charge is -2.42. The number of nitrogens with one attached hydrogen (secondary N) is 1. The van der Waals surface area contributed by atoms with Crippen molar-refractivity contribution in [2.24, 2.45) is 0 Å². The monoisotopic (exact) mass is 375 g/mol. The van der Waals surface area contributed by atoms with E-state index >= 15 is 0 Å². The highest BCUT2D eigenvalue weighted by atomic mass is 16.7. The summed E-state index contributed by atoms with van der Waals surface area (Å²) in [5.74, 6) is -0.375. The average molecular weight is 375 g/mol. The molecule has 2 aromatic carbocycles. The van der Waals surface area contributed by atoms with Crippen LogP contribution in [0.3, 0.4) is 0 Å². The van der Waals surface area contributed by atoms with Gasteiger partial charge in [-0.05, 0) is 22.8 Å². The van der Waals surface area contributed by atoms with Crippen LogP contribution in [0.1, 0.15) is 12.5 Å².